The third-order valence-electron chi connectivity index (χ3n) is 1.19. The van der Waals surface area contributed by atoms with Gasteiger partial charge < -0.3 is 4.74 Å². The zero-order chi connectivity index (χ0) is 7.99. The minimum Gasteiger partial charge on any atom is -0.343 e. The molecule has 0 aromatic carbocycles. The largest absolute Gasteiger partial charge is 0.343 e. The Morgan fingerprint density at radius 3 is 1.80 bits per heavy atom. The van der Waals surface area contributed by atoms with Gasteiger partial charge in [0.15, 0.2) is 4.33 Å². The first-order chi connectivity index (χ1) is 4.38. The SMILES string of the molecule is ClC1COC(Cl)(Cl)C1(Cl)Cl. The lowest BCUT2D eigenvalue weighted by Crippen LogP contribution is -2.36. The average molecular weight is 244 g/mol. The van der Waals surface area contributed by atoms with E-state index < -0.39 is 14.2 Å². The van der Waals surface area contributed by atoms with Crippen molar-refractivity contribution in [2.24, 2.45) is 0 Å². The molecule has 0 amide bonds. The molecular weight excluding hydrogens is 241 g/mol. The van der Waals surface area contributed by atoms with E-state index in [0.29, 0.717) is 0 Å². The molecule has 1 saturated heterocycles. The summed E-state index contributed by atoms with van der Waals surface area (Å²) >= 11 is 28.0. The van der Waals surface area contributed by atoms with Crippen molar-refractivity contribution in [2.75, 3.05) is 6.61 Å². The molecule has 1 rings (SSSR count). The van der Waals surface area contributed by atoms with Crippen LogP contribution in [0, 0.1) is 0 Å². The van der Waals surface area contributed by atoms with Crippen molar-refractivity contribution in [1.82, 2.24) is 0 Å². The van der Waals surface area contributed by atoms with E-state index in [1.165, 1.54) is 0 Å². The van der Waals surface area contributed by atoms with Crippen molar-refractivity contribution in [3.8, 4) is 0 Å². The normalized spacial score (nSPS) is 36.3. The van der Waals surface area contributed by atoms with Crippen molar-refractivity contribution in [3.05, 3.63) is 0 Å². The molecule has 0 saturated carbocycles. The second-order valence-electron chi connectivity index (χ2n) is 1.92. The van der Waals surface area contributed by atoms with Gasteiger partial charge in [-0.25, -0.2) is 0 Å². The molecule has 1 aliphatic heterocycles. The van der Waals surface area contributed by atoms with Gasteiger partial charge in [0.1, 0.15) is 0 Å². The van der Waals surface area contributed by atoms with Crippen molar-refractivity contribution in [3.63, 3.8) is 0 Å². The van der Waals surface area contributed by atoms with E-state index in [2.05, 4.69) is 0 Å². The average Bonchev–Trinajstić information content (AvgIpc) is 1.94. The van der Waals surface area contributed by atoms with Crippen molar-refractivity contribution in [1.29, 1.82) is 0 Å². The topological polar surface area (TPSA) is 9.23 Å². The lowest BCUT2D eigenvalue weighted by molar-refractivity contribution is 0.136. The lowest BCUT2D eigenvalue weighted by Gasteiger charge is -2.24. The van der Waals surface area contributed by atoms with Crippen molar-refractivity contribution >= 4 is 58.0 Å². The van der Waals surface area contributed by atoms with Crippen LogP contribution in [0.5, 0.6) is 0 Å². The number of halogens is 5. The molecule has 0 radical (unpaired) electrons. The predicted octanol–water partition coefficient (Wildman–Crippen LogP) is 2.93. The Labute approximate surface area is 83.5 Å². The molecule has 10 heavy (non-hydrogen) atoms. The lowest BCUT2D eigenvalue weighted by atomic mass is 10.3. The fourth-order valence-corrected chi connectivity index (χ4v) is 1.51. The summed E-state index contributed by atoms with van der Waals surface area (Å²) in [5.41, 5.74) is 0. The monoisotopic (exact) mass is 242 g/mol. The zero-order valence-corrected chi connectivity index (χ0v) is 8.36. The number of rotatable bonds is 0. The number of hydrogen-bond donors (Lipinski definition) is 0. The molecule has 0 aromatic rings. The summed E-state index contributed by atoms with van der Waals surface area (Å²) in [6, 6.07) is 0. The minimum absolute atomic E-state index is 0.154. The van der Waals surface area contributed by atoms with E-state index in [1.54, 1.807) is 0 Å². The minimum atomic E-state index is -1.59. The number of ether oxygens (including phenoxy) is 1. The summed E-state index contributed by atoms with van der Waals surface area (Å²) in [6.45, 7) is 0.154. The van der Waals surface area contributed by atoms with Gasteiger partial charge in [0.2, 0.25) is 0 Å². The van der Waals surface area contributed by atoms with Crippen LogP contribution in [0.3, 0.4) is 0 Å². The second kappa shape index (κ2) is 2.72. The first-order valence-corrected chi connectivity index (χ1v) is 4.36. The zero-order valence-electron chi connectivity index (χ0n) is 4.58. The Bertz CT molecular complexity index is 145. The van der Waals surface area contributed by atoms with Crippen molar-refractivity contribution < 1.29 is 4.74 Å². The Kier molecular flexibility index (Phi) is 2.58. The molecule has 1 heterocycles. The summed E-state index contributed by atoms with van der Waals surface area (Å²) in [6.07, 6.45) is 0. The maximum atomic E-state index is 5.65. The summed E-state index contributed by atoms with van der Waals surface area (Å²) in [5, 5.41) is -0.578. The summed E-state index contributed by atoms with van der Waals surface area (Å²) < 4.78 is 1.78. The fourth-order valence-electron chi connectivity index (χ4n) is 0.561. The first-order valence-electron chi connectivity index (χ1n) is 2.41. The molecule has 60 valence electrons. The third-order valence-corrected chi connectivity index (χ3v) is 4.13. The van der Waals surface area contributed by atoms with Crippen LogP contribution in [0.4, 0.5) is 0 Å². The predicted molar refractivity (Wildman–Crippen MR) is 44.5 cm³/mol. The van der Waals surface area contributed by atoms with E-state index in [9.17, 15) is 0 Å². The fraction of sp³-hybridized carbons (Fsp3) is 1.00. The van der Waals surface area contributed by atoms with Gasteiger partial charge in [0.25, 0.3) is 4.52 Å². The highest BCUT2D eigenvalue weighted by Gasteiger charge is 2.58. The molecule has 1 nitrogen and oxygen atoms in total. The second-order valence-corrected chi connectivity index (χ2v) is 5.09. The van der Waals surface area contributed by atoms with Crippen LogP contribution < -0.4 is 0 Å². The highest BCUT2D eigenvalue weighted by Crippen LogP contribution is 2.52. The molecule has 1 fully saturated rings. The molecule has 0 N–H and O–H groups in total. The Morgan fingerprint density at radius 2 is 1.70 bits per heavy atom. The van der Waals surface area contributed by atoms with Crippen LogP contribution in [0.1, 0.15) is 0 Å². The Hall–Kier alpha value is 1.41. The van der Waals surface area contributed by atoms with E-state index in [-0.39, 0.29) is 6.61 Å². The van der Waals surface area contributed by atoms with Gasteiger partial charge in [0.05, 0.1) is 12.0 Å². The molecule has 0 spiro atoms. The maximum Gasteiger partial charge on any atom is 0.252 e. The summed E-state index contributed by atoms with van der Waals surface area (Å²) in [5.74, 6) is 0. The molecule has 1 atom stereocenters. The van der Waals surface area contributed by atoms with Crippen LogP contribution in [-0.2, 0) is 4.74 Å². The summed E-state index contributed by atoms with van der Waals surface area (Å²) in [7, 11) is 0. The number of hydrogen-bond acceptors (Lipinski definition) is 1. The van der Waals surface area contributed by atoms with Gasteiger partial charge >= 0.3 is 0 Å². The molecule has 0 bridgehead atoms. The molecular formula is C4H3Cl5O. The van der Waals surface area contributed by atoms with Gasteiger partial charge in [-0.3, -0.25) is 0 Å². The molecule has 6 heteroatoms. The van der Waals surface area contributed by atoms with E-state index >= 15 is 0 Å². The van der Waals surface area contributed by atoms with E-state index in [1.807, 2.05) is 0 Å². The van der Waals surface area contributed by atoms with Crippen molar-refractivity contribution in [2.45, 2.75) is 14.2 Å². The smallest absolute Gasteiger partial charge is 0.252 e. The van der Waals surface area contributed by atoms with Gasteiger partial charge in [0, 0.05) is 0 Å². The highest BCUT2D eigenvalue weighted by molar-refractivity contribution is 6.64. The van der Waals surface area contributed by atoms with E-state index in [0.717, 1.165) is 0 Å². The van der Waals surface area contributed by atoms with Gasteiger partial charge in [-0.05, 0) is 0 Å². The standard InChI is InChI=1S/C4H3Cl5O/c5-2-1-10-4(8,9)3(2,6)7/h2H,1H2. The van der Waals surface area contributed by atoms with E-state index in [4.69, 9.17) is 62.7 Å². The van der Waals surface area contributed by atoms with Crippen LogP contribution in [0.25, 0.3) is 0 Å². The first kappa shape index (κ1) is 9.50. The maximum absolute atomic E-state index is 5.65. The highest BCUT2D eigenvalue weighted by atomic mass is 35.5. The molecule has 0 aliphatic carbocycles. The van der Waals surface area contributed by atoms with Crippen LogP contribution in [0.2, 0.25) is 0 Å². The quantitative estimate of drug-likeness (QED) is 0.595. The summed E-state index contributed by atoms with van der Waals surface area (Å²) in [4.78, 5) is 0. The van der Waals surface area contributed by atoms with Gasteiger partial charge in [-0.2, -0.15) is 0 Å². The Balaban J connectivity index is 2.84. The van der Waals surface area contributed by atoms with Crippen LogP contribution in [-0.4, -0.2) is 20.8 Å². The molecule has 1 aliphatic rings. The van der Waals surface area contributed by atoms with Gasteiger partial charge in [-0.15, -0.1) is 11.6 Å². The molecule has 1 unspecified atom stereocenters. The van der Waals surface area contributed by atoms with Gasteiger partial charge in [-0.1, -0.05) is 46.4 Å². The Morgan fingerprint density at radius 1 is 1.20 bits per heavy atom. The number of alkyl halides is 5. The van der Waals surface area contributed by atoms with Crippen LogP contribution in [0.15, 0.2) is 0 Å². The third kappa shape index (κ3) is 1.33. The molecule has 0 aromatic heterocycles. The van der Waals surface area contributed by atoms with Crippen LogP contribution >= 0.6 is 58.0 Å².